The minimum Gasteiger partial charge on any atom is -0.385 e. The number of hydrogen-bond donors (Lipinski definition) is 3. The van der Waals surface area contributed by atoms with E-state index < -0.39 is 11.5 Å². The second kappa shape index (κ2) is 4.14. The molecule has 1 aliphatic heterocycles. The van der Waals surface area contributed by atoms with Crippen molar-refractivity contribution in [3.05, 3.63) is 5.82 Å². The summed E-state index contributed by atoms with van der Waals surface area (Å²) in [6.45, 7) is 2.38. The van der Waals surface area contributed by atoms with Gasteiger partial charge in [0.1, 0.15) is 5.60 Å². The number of carbonyl (C=O) groups excluding carboxylic acids is 1. The number of tetrazole rings is 1. The maximum atomic E-state index is 11.5. The zero-order chi connectivity index (χ0) is 11.6. The quantitative estimate of drug-likeness (QED) is 0.577. The maximum Gasteiger partial charge on any atom is 0.292 e. The summed E-state index contributed by atoms with van der Waals surface area (Å²) in [6, 6.07) is 0. The fourth-order valence-corrected chi connectivity index (χ4v) is 1.57. The van der Waals surface area contributed by atoms with Gasteiger partial charge in [0, 0.05) is 19.6 Å². The van der Waals surface area contributed by atoms with E-state index in [0.717, 1.165) is 0 Å². The Labute approximate surface area is 91.4 Å². The third-order valence-electron chi connectivity index (χ3n) is 2.76. The van der Waals surface area contributed by atoms with Crippen molar-refractivity contribution in [1.82, 2.24) is 25.9 Å². The molecule has 1 aromatic heterocycles. The molecule has 8 nitrogen and oxygen atoms in total. The van der Waals surface area contributed by atoms with Crippen LogP contribution in [-0.4, -0.2) is 56.5 Å². The van der Waals surface area contributed by atoms with Crippen molar-refractivity contribution in [3.63, 3.8) is 0 Å². The summed E-state index contributed by atoms with van der Waals surface area (Å²) in [5.74, 6) is -0.517. The van der Waals surface area contributed by atoms with Gasteiger partial charge >= 0.3 is 0 Å². The highest BCUT2D eigenvalue weighted by Crippen LogP contribution is 2.24. The zero-order valence-corrected chi connectivity index (χ0v) is 8.80. The molecule has 2 rings (SSSR count). The number of H-pyrrole nitrogens is 1. The molecular weight excluding hydrogens is 214 g/mol. The second-order valence-corrected chi connectivity index (χ2v) is 3.78. The van der Waals surface area contributed by atoms with Gasteiger partial charge in [-0.2, -0.15) is 5.21 Å². The molecule has 1 aliphatic rings. The summed E-state index contributed by atoms with van der Waals surface area (Å²) >= 11 is 0. The van der Waals surface area contributed by atoms with E-state index in [1.54, 1.807) is 6.92 Å². The van der Waals surface area contributed by atoms with E-state index in [1.165, 1.54) is 0 Å². The van der Waals surface area contributed by atoms with Crippen LogP contribution in [0.5, 0.6) is 0 Å². The molecule has 16 heavy (non-hydrogen) atoms. The highest BCUT2D eigenvalue weighted by molar-refractivity contribution is 5.90. The molecule has 0 spiro atoms. The molecule has 0 aromatic carbocycles. The normalized spacial score (nSPS) is 29.2. The molecule has 2 unspecified atom stereocenters. The van der Waals surface area contributed by atoms with Crippen LogP contribution >= 0.6 is 0 Å². The van der Waals surface area contributed by atoms with Gasteiger partial charge in [-0.25, -0.2) is 0 Å². The fraction of sp³-hybridized carbons (Fsp3) is 0.750. The van der Waals surface area contributed by atoms with Crippen molar-refractivity contribution < 1.29 is 14.6 Å². The molecule has 8 heteroatoms. The van der Waals surface area contributed by atoms with Crippen LogP contribution in [-0.2, 0) is 4.74 Å². The number of amides is 1. The Bertz CT molecular complexity index is 368. The van der Waals surface area contributed by atoms with E-state index in [1.807, 2.05) is 0 Å². The summed E-state index contributed by atoms with van der Waals surface area (Å²) in [7, 11) is 0. The highest BCUT2D eigenvalue weighted by Gasteiger charge is 2.39. The SMILES string of the molecule is CC1OCCC1(O)CNC(=O)c1nn[nH]n1. The van der Waals surface area contributed by atoms with Crippen LogP contribution < -0.4 is 5.32 Å². The Morgan fingerprint density at radius 2 is 2.62 bits per heavy atom. The standard InChI is InChI=1S/C8H13N5O3/c1-5-8(15,2-3-16-5)4-9-7(14)6-10-12-13-11-6/h5,15H,2-4H2,1H3,(H,9,14)(H,10,11,12,13). The van der Waals surface area contributed by atoms with Crippen LogP contribution in [0.15, 0.2) is 0 Å². The van der Waals surface area contributed by atoms with Crippen LogP contribution in [0.4, 0.5) is 0 Å². The average molecular weight is 227 g/mol. The predicted molar refractivity (Wildman–Crippen MR) is 51.5 cm³/mol. The van der Waals surface area contributed by atoms with Gasteiger partial charge in [0.2, 0.25) is 0 Å². The Kier molecular flexibility index (Phi) is 2.84. The third-order valence-corrected chi connectivity index (χ3v) is 2.76. The minimum atomic E-state index is -1.01. The Balaban J connectivity index is 1.90. The molecule has 3 N–H and O–H groups in total. The number of aromatic amines is 1. The molecule has 1 fully saturated rings. The Hall–Kier alpha value is -1.54. The van der Waals surface area contributed by atoms with Crippen LogP contribution in [0.2, 0.25) is 0 Å². The lowest BCUT2D eigenvalue weighted by molar-refractivity contribution is -0.0252. The van der Waals surface area contributed by atoms with Crippen LogP contribution in [0.25, 0.3) is 0 Å². The topological polar surface area (TPSA) is 113 Å². The van der Waals surface area contributed by atoms with Gasteiger partial charge in [0.15, 0.2) is 0 Å². The molecule has 0 radical (unpaired) electrons. The van der Waals surface area contributed by atoms with E-state index >= 15 is 0 Å². The first kappa shape index (κ1) is 11.0. The molecule has 1 amide bonds. The first-order chi connectivity index (χ1) is 7.62. The number of rotatable bonds is 3. The average Bonchev–Trinajstić information content (AvgIpc) is 2.87. The second-order valence-electron chi connectivity index (χ2n) is 3.78. The summed E-state index contributed by atoms with van der Waals surface area (Å²) < 4.78 is 5.24. The van der Waals surface area contributed by atoms with Crippen molar-refractivity contribution in [2.24, 2.45) is 0 Å². The number of aliphatic hydroxyl groups is 1. The largest absolute Gasteiger partial charge is 0.385 e. The van der Waals surface area contributed by atoms with Crippen LogP contribution in [0, 0.1) is 0 Å². The first-order valence-electron chi connectivity index (χ1n) is 4.97. The smallest absolute Gasteiger partial charge is 0.292 e. The van der Waals surface area contributed by atoms with Crippen LogP contribution in [0.1, 0.15) is 24.0 Å². The molecule has 0 bridgehead atoms. The fourth-order valence-electron chi connectivity index (χ4n) is 1.57. The van der Waals surface area contributed by atoms with Gasteiger partial charge in [0.05, 0.1) is 6.10 Å². The molecule has 2 atom stereocenters. The Morgan fingerprint density at radius 3 is 3.19 bits per heavy atom. The van der Waals surface area contributed by atoms with E-state index in [2.05, 4.69) is 25.9 Å². The number of ether oxygens (including phenoxy) is 1. The van der Waals surface area contributed by atoms with Crippen LogP contribution in [0.3, 0.4) is 0 Å². The summed E-state index contributed by atoms with van der Waals surface area (Å²) in [5.41, 5.74) is -1.01. The minimum absolute atomic E-state index is 0.0461. The number of aromatic nitrogens is 4. The summed E-state index contributed by atoms with van der Waals surface area (Å²) in [6.07, 6.45) is 0.207. The molecule has 0 saturated carbocycles. The van der Waals surface area contributed by atoms with E-state index in [9.17, 15) is 9.90 Å². The summed E-state index contributed by atoms with van der Waals surface area (Å²) in [5, 5.41) is 25.2. The van der Waals surface area contributed by atoms with Crippen molar-refractivity contribution in [1.29, 1.82) is 0 Å². The van der Waals surface area contributed by atoms with Gasteiger partial charge in [-0.15, -0.1) is 10.2 Å². The monoisotopic (exact) mass is 227 g/mol. The van der Waals surface area contributed by atoms with Gasteiger partial charge in [-0.1, -0.05) is 0 Å². The van der Waals surface area contributed by atoms with E-state index in [4.69, 9.17) is 4.74 Å². The zero-order valence-electron chi connectivity index (χ0n) is 8.80. The lowest BCUT2D eigenvalue weighted by Crippen LogP contribution is -2.47. The van der Waals surface area contributed by atoms with Crippen molar-refractivity contribution >= 4 is 5.91 Å². The molecular formula is C8H13N5O3. The number of carbonyl (C=O) groups is 1. The highest BCUT2D eigenvalue weighted by atomic mass is 16.5. The first-order valence-corrected chi connectivity index (χ1v) is 4.97. The lowest BCUT2D eigenvalue weighted by Gasteiger charge is -2.25. The van der Waals surface area contributed by atoms with Gasteiger partial charge in [-0.3, -0.25) is 4.79 Å². The lowest BCUT2D eigenvalue weighted by atomic mass is 9.97. The van der Waals surface area contributed by atoms with Crippen molar-refractivity contribution in [2.45, 2.75) is 25.0 Å². The Morgan fingerprint density at radius 1 is 1.81 bits per heavy atom. The number of nitrogens with one attached hydrogen (secondary N) is 2. The number of hydrogen-bond acceptors (Lipinski definition) is 6. The van der Waals surface area contributed by atoms with Gasteiger partial charge in [0.25, 0.3) is 11.7 Å². The third kappa shape index (κ3) is 2.02. The molecule has 0 aliphatic carbocycles. The molecule has 88 valence electrons. The van der Waals surface area contributed by atoms with Crippen molar-refractivity contribution in [3.8, 4) is 0 Å². The van der Waals surface area contributed by atoms with Gasteiger partial charge in [-0.05, 0) is 12.1 Å². The van der Waals surface area contributed by atoms with E-state index in [0.29, 0.717) is 13.0 Å². The van der Waals surface area contributed by atoms with Crippen molar-refractivity contribution in [2.75, 3.05) is 13.2 Å². The molecule has 2 heterocycles. The predicted octanol–water partition coefficient (Wildman–Crippen LogP) is -1.53. The molecule has 1 aromatic rings. The maximum absolute atomic E-state index is 11.5. The van der Waals surface area contributed by atoms with E-state index in [-0.39, 0.29) is 18.5 Å². The van der Waals surface area contributed by atoms with Gasteiger partial charge < -0.3 is 15.2 Å². The summed E-state index contributed by atoms with van der Waals surface area (Å²) in [4.78, 5) is 11.5. The number of nitrogens with zero attached hydrogens (tertiary/aromatic N) is 3. The molecule has 1 saturated heterocycles.